The fourth-order valence-corrected chi connectivity index (χ4v) is 2.38. The Hall–Kier alpha value is -1.47. The molecule has 0 saturated heterocycles. The van der Waals surface area contributed by atoms with Gasteiger partial charge in [-0.1, -0.05) is 12.8 Å². The van der Waals surface area contributed by atoms with Gasteiger partial charge < -0.3 is 15.4 Å². The number of hydrogen-bond donors (Lipinski definition) is 2. The molecule has 2 amide bonds. The molecule has 0 radical (unpaired) electrons. The van der Waals surface area contributed by atoms with Crippen molar-refractivity contribution < 1.29 is 27.5 Å². The largest absolute Gasteiger partial charge is 0.444 e. The highest BCUT2D eigenvalue weighted by molar-refractivity contribution is 5.77. The van der Waals surface area contributed by atoms with E-state index in [1.54, 1.807) is 20.8 Å². The van der Waals surface area contributed by atoms with Crippen LogP contribution in [0.15, 0.2) is 0 Å². The van der Waals surface area contributed by atoms with Crippen LogP contribution in [-0.2, 0) is 9.53 Å². The normalized spacial score (nSPS) is 22.8. The number of amides is 2. The topological polar surface area (TPSA) is 67.4 Å². The number of alkyl halides is 3. The number of alkyl carbamates (subject to hydrolysis) is 1. The second-order valence-corrected chi connectivity index (χ2v) is 6.50. The molecular formula is C14H23F3N2O3. The van der Waals surface area contributed by atoms with E-state index in [2.05, 4.69) is 10.6 Å². The smallest absolute Gasteiger partial charge is 0.407 e. The highest BCUT2D eigenvalue weighted by Crippen LogP contribution is 2.22. The van der Waals surface area contributed by atoms with Crippen molar-refractivity contribution in [3.05, 3.63) is 0 Å². The van der Waals surface area contributed by atoms with Gasteiger partial charge in [0.15, 0.2) is 0 Å². The molecular weight excluding hydrogens is 301 g/mol. The summed E-state index contributed by atoms with van der Waals surface area (Å²) in [5, 5.41) is 5.00. The molecule has 2 unspecified atom stereocenters. The van der Waals surface area contributed by atoms with Gasteiger partial charge >= 0.3 is 12.3 Å². The number of ether oxygens (including phenoxy) is 1. The number of nitrogens with one attached hydrogen (secondary N) is 2. The number of hydrogen-bond acceptors (Lipinski definition) is 3. The van der Waals surface area contributed by atoms with Gasteiger partial charge in [0.05, 0.1) is 6.04 Å². The maximum absolute atomic E-state index is 12.2. The van der Waals surface area contributed by atoms with Crippen molar-refractivity contribution in [2.45, 2.75) is 76.7 Å². The van der Waals surface area contributed by atoms with Gasteiger partial charge in [0, 0.05) is 6.04 Å². The predicted molar refractivity (Wildman–Crippen MR) is 74.2 cm³/mol. The molecule has 22 heavy (non-hydrogen) atoms. The number of halogens is 3. The van der Waals surface area contributed by atoms with E-state index in [1.807, 2.05) is 0 Å². The molecule has 0 heterocycles. The first-order chi connectivity index (χ1) is 9.96. The predicted octanol–water partition coefficient (Wildman–Crippen LogP) is 2.89. The third-order valence-corrected chi connectivity index (χ3v) is 3.18. The molecule has 1 fully saturated rings. The van der Waals surface area contributed by atoms with E-state index in [4.69, 9.17) is 4.74 Å². The van der Waals surface area contributed by atoms with E-state index < -0.39 is 42.3 Å². The van der Waals surface area contributed by atoms with Gasteiger partial charge in [-0.2, -0.15) is 13.2 Å². The van der Waals surface area contributed by atoms with Crippen molar-refractivity contribution in [1.29, 1.82) is 0 Å². The van der Waals surface area contributed by atoms with Gasteiger partial charge in [0.2, 0.25) is 5.91 Å². The summed E-state index contributed by atoms with van der Waals surface area (Å²) < 4.78 is 41.7. The Kier molecular flexibility index (Phi) is 6.08. The number of rotatable bonds is 3. The maximum Gasteiger partial charge on any atom is 0.407 e. The SMILES string of the molecule is CC(C)(C)OC(=O)NC1CCCCC1NC(=O)CC(F)(F)F. The van der Waals surface area contributed by atoms with Crippen molar-refractivity contribution in [2.24, 2.45) is 0 Å². The quantitative estimate of drug-likeness (QED) is 0.839. The molecule has 0 spiro atoms. The van der Waals surface area contributed by atoms with Crippen LogP contribution in [0.4, 0.5) is 18.0 Å². The minimum atomic E-state index is -4.53. The van der Waals surface area contributed by atoms with Crippen LogP contribution in [0.2, 0.25) is 0 Å². The molecule has 0 bridgehead atoms. The highest BCUT2D eigenvalue weighted by atomic mass is 19.4. The molecule has 5 nitrogen and oxygen atoms in total. The van der Waals surface area contributed by atoms with Gasteiger partial charge in [-0.05, 0) is 33.6 Å². The Bertz CT molecular complexity index is 367. The molecule has 0 aromatic heterocycles. The van der Waals surface area contributed by atoms with E-state index in [0.717, 1.165) is 12.8 Å². The van der Waals surface area contributed by atoms with Crippen LogP contribution in [-0.4, -0.2) is 35.9 Å². The Morgan fingerprint density at radius 2 is 1.55 bits per heavy atom. The number of carbonyl (C=O) groups is 2. The van der Waals surface area contributed by atoms with Crippen molar-refractivity contribution in [3.63, 3.8) is 0 Å². The lowest BCUT2D eigenvalue weighted by molar-refractivity contribution is -0.154. The zero-order valence-electron chi connectivity index (χ0n) is 13.0. The number of carbonyl (C=O) groups excluding carboxylic acids is 2. The van der Waals surface area contributed by atoms with Gasteiger partial charge in [-0.3, -0.25) is 4.79 Å². The van der Waals surface area contributed by atoms with E-state index in [0.29, 0.717) is 12.8 Å². The Morgan fingerprint density at radius 1 is 1.05 bits per heavy atom. The fraction of sp³-hybridized carbons (Fsp3) is 0.857. The summed E-state index contributed by atoms with van der Waals surface area (Å²) in [6.07, 6.45) is -3.92. The average molecular weight is 324 g/mol. The summed E-state index contributed by atoms with van der Waals surface area (Å²) in [5.41, 5.74) is -0.659. The van der Waals surface area contributed by atoms with Crippen LogP contribution >= 0.6 is 0 Å². The van der Waals surface area contributed by atoms with E-state index in [-0.39, 0.29) is 0 Å². The first kappa shape index (κ1) is 18.6. The van der Waals surface area contributed by atoms with Crippen LogP contribution in [0, 0.1) is 0 Å². The molecule has 1 aliphatic carbocycles. The van der Waals surface area contributed by atoms with E-state index in [9.17, 15) is 22.8 Å². The van der Waals surface area contributed by atoms with Gasteiger partial charge in [-0.25, -0.2) is 4.79 Å². The van der Waals surface area contributed by atoms with Crippen molar-refractivity contribution in [3.8, 4) is 0 Å². The molecule has 0 aromatic carbocycles. The molecule has 2 atom stereocenters. The Morgan fingerprint density at radius 3 is 2.00 bits per heavy atom. The van der Waals surface area contributed by atoms with Gasteiger partial charge in [0.25, 0.3) is 0 Å². The molecule has 8 heteroatoms. The lowest BCUT2D eigenvalue weighted by atomic mass is 9.90. The molecule has 0 aromatic rings. The average Bonchev–Trinajstić information content (AvgIpc) is 2.26. The molecule has 128 valence electrons. The standard InChI is InChI=1S/C14H23F3N2O3/c1-13(2,3)22-12(21)19-10-7-5-4-6-9(10)18-11(20)8-14(15,16)17/h9-10H,4-8H2,1-3H3,(H,18,20)(H,19,21). The first-order valence-corrected chi connectivity index (χ1v) is 7.32. The molecule has 1 saturated carbocycles. The van der Waals surface area contributed by atoms with E-state index >= 15 is 0 Å². The van der Waals surface area contributed by atoms with Crippen molar-refractivity contribution in [2.75, 3.05) is 0 Å². The zero-order valence-corrected chi connectivity index (χ0v) is 13.0. The van der Waals surface area contributed by atoms with Crippen molar-refractivity contribution >= 4 is 12.0 Å². The first-order valence-electron chi connectivity index (χ1n) is 7.32. The summed E-state index contributed by atoms with van der Waals surface area (Å²) in [6.45, 7) is 5.15. The summed E-state index contributed by atoms with van der Waals surface area (Å²) in [4.78, 5) is 23.2. The minimum Gasteiger partial charge on any atom is -0.444 e. The van der Waals surface area contributed by atoms with E-state index in [1.165, 1.54) is 0 Å². The highest BCUT2D eigenvalue weighted by Gasteiger charge is 2.34. The van der Waals surface area contributed by atoms with Crippen LogP contribution in [0.5, 0.6) is 0 Å². The Labute approximate surface area is 128 Å². The summed E-state index contributed by atoms with van der Waals surface area (Å²) in [7, 11) is 0. The third kappa shape index (κ3) is 7.51. The summed E-state index contributed by atoms with van der Waals surface area (Å²) in [6, 6.07) is -0.920. The lowest BCUT2D eigenvalue weighted by Gasteiger charge is -2.33. The van der Waals surface area contributed by atoms with Crippen molar-refractivity contribution in [1.82, 2.24) is 10.6 Å². The zero-order chi connectivity index (χ0) is 17.0. The monoisotopic (exact) mass is 324 g/mol. The van der Waals surface area contributed by atoms with Crippen LogP contribution in [0.25, 0.3) is 0 Å². The van der Waals surface area contributed by atoms with Crippen LogP contribution < -0.4 is 10.6 Å². The summed E-state index contributed by atoms with van der Waals surface area (Å²) in [5.74, 6) is -1.07. The second-order valence-electron chi connectivity index (χ2n) is 6.50. The summed E-state index contributed by atoms with van der Waals surface area (Å²) >= 11 is 0. The van der Waals surface area contributed by atoms with Crippen LogP contribution in [0.1, 0.15) is 52.9 Å². The molecule has 1 rings (SSSR count). The second kappa shape index (κ2) is 7.19. The lowest BCUT2D eigenvalue weighted by Crippen LogP contribution is -2.54. The molecule has 1 aliphatic rings. The van der Waals surface area contributed by atoms with Gasteiger partial charge in [-0.15, -0.1) is 0 Å². The maximum atomic E-state index is 12.2. The molecule has 2 N–H and O–H groups in total. The Balaban J connectivity index is 2.56. The van der Waals surface area contributed by atoms with Gasteiger partial charge in [0.1, 0.15) is 12.0 Å². The molecule has 0 aliphatic heterocycles. The van der Waals surface area contributed by atoms with Crippen LogP contribution in [0.3, 0.4) is 0 Å². The third-order valence-electron chi connectivity index (χ3n) is 3.18. The fourth-order valence-electron chi connectivity index (χ4n) is 2.38. The minimum absolute atomic E-state index is 0.416.